The Morgan fingerprint density at radius 3 is 2.55 bits per heavy atom. The molecule has 1 aliphatic rings. The van der Waals surface area contributed by atoms with Crippen LogP contribution in [0.2, 0.25) is 5.02 Å². The first-order valence-corrected chi connectivity index (χ1v) is 11.7. The van der Waals surface area contributed by atoms with Crippen LogP contribution in [0.25, 0.3) is 0 Å². The Morgan fingerprint density at radius 1 is 1.16 bits per heavy atom. The van der Waals surface area contributed by atoms with Gasteiger partial charge in [0.05, 0.1) is 30.5 Å². The van der Waals surface area contributed by atoms with Gasteiger partial charge >= 0.3 is 6.18 Å². The molecule has 1 aromatic heterocycles. The third-order valence-electron chi connectivity index (χ3n) is 5.94. The molecule has 3 N–H and O–H groups in total. The molecule has 1 fully saturated rings. The summed E-state index contributed by atoms with van der Waals surface area (Å²) in [5, 5.41) is 8.43. The van der Waals surface area contributed by atoms with Crippen LogP contribution in [0.1, 0.15) is 27.9 Å². The predicted octanol–water partition coefficient (Wildman–Crippen LogP) is 4.11. The lowest BCUT2D eigenvalue weighted by Gasteiger charge is -2.27. The molecule has 3 aromatic rings. The minimum Gasteiger partial charge on any atom is -0.497 e. The zero-order valence-corrected chi connectivity index (χ0v) is 20.8. The lowest BCUT2D eigenvalue weighted by molar-refractivity contribution is -0.137. The highest BCUT2D eigenvalue weighted by molar-refractivity contribution is 6.31. The van der Waals surface area contributed by atoms with Crippen molar-refractivity contribution in [3.05, 3.63) is 76.8 Å². The Balaban J connectivity index is 1.44. The molecule has 200 valence electrons. The van der Waals surface area contributed by atoms with Gasteiger partial charge in [-0.25, -0.2) is 9.97 Å². The second-order valence-corrected chi connectivity index (χ2v) is 8.90. The maximum absolute atomic E-state index is 13.5. The summed E-state index contributed by atoms with van der Waals surface area (Å²) >= 11 is 6.37. The van der Waals surface area contributed by atoms with Crippen LogP contribution in [-0.4, -0.2) is 47.6 Å². The quantitative estimate of drug-likeness (QED) is 0.387. The van der Waals surface area contributed by atoms with Gasteiger partial charge in [-0.1, -0.05) is 17.7 Å². The van der Waals surface area contributed by atoms with Gasteiger partial charge in [0, 0.05) is 42.7 Å². The van der Waals surface area contributed by atoms with E-state index in [4.69, 9.17) is 21.1 Å². The molecule has 0 saturated carbocycles. The number of carbonyl (C=O) groups is 2. The minimum atomic E-state index is -4.60. The van der Waals surface area contributed by atoms with Crippen molar-refractivity contribution in [3.8, 4) is 5.75 Å². The molecule has 2 heterocycles. The second-order valence-electron chi connectivity index (χ2n) is 8.49. The third kappa shape index (κ3) is 6.14. The Hall–Kier alpha value is -3.90. The van der Waals surface area contributed by atoms with Crippen LogP contribution in [0.4, 0.5) is 24.5 Å². The number of methoxy groups -OCH3 is 1. The molecule has 1 saturated heterocycles. The molecule has 4 rings (SSSR count). The average molecular weight is 550 g/mol. The Kier molecular flexibility index (Phi) is 8.02. The van der Waals surface area contributed by atoms with Gasteiger partial charge in [-0.2, -0.15) is 13.2 Å². The molecule has 13 heteroatoms. The SMILES string of the molecule is COc1ccc(Nc2ccc(CNC(=O)C3(NC(=O)c4cncnc4)CCOC3)c(Cl)c2)c(C(F)(F)F)c1. The summed E-state index contributed by atoms with van der Waals surface area (Å²) in [6, 6.07) is 8.17. The number of ether oxygens (including phenoxy) is 2. The van der Waals surface area contributed by atoms with Gasteiger partial charge in [-0.05, 0) is 35.9 Å². The zero-order valence-electron chi connectivity index (χ0n) is 20.1. The summed E-state index contributed by atoms with van der Waals surface area (Å²) in [5.74, 6) is -0.909. The summed E-state index contributed by atoms with van der Waals surface area (Å²) in [6.45, 7) is 0.282. The number of rotatable bonds is 8. The highest BCUT2D eigenvalue weighted by Crippen LogP contribution is 2.38. The first kappa shape index (κ1) is 27.1. The number of nitrogens with one attached hydrogen (secondary N) is 3. The van der Waals surface area contributed by atoms with E-state index in [9.17, 15) is 22.8 Å². The molecule has 1 aliphatic heterocycles. The summed E-state index contributed by atoms with van der Waals surface area (Å²) in [6.07, 6.45) is -0.383. The van der Waals surface area contributed by atoms with E-state index in [-0.39, 0.29) is 48.2 Å². The molecule has 0 aliphatic carbocycles. The second kappa shape index (κ2) is 11.2. The summed E-state index contributed by atoms with van der Waals surface area (Å²) in [4.78, 5) is 33.3. The predicted molar refractivity (Wildman–Crippen MR) is 132 cm³/mol. The number of amides is 2. The van der Waals surface area contributed by atoms with Gasteiger partial charge < -0.3 is 25.4 Å². The van der Waals surface area contributed by atoms with E-state index < -0.39 is 29.1 Å². The largest absolute Gasteiger partial charge is 0.497 e. The third-order valence-corrected chi connectivity index (χ3v) is 6.29. The van der Waals surface area contributed by atoms with E-state index in [0.29, 0.717) is 11.3 Å². The summed E-state index contributed by atoms with van der Waals surface area (Å²) < 4.78 is 50.8. The lowest BCUT2D eigenvalue weighted by Crippen LogP contribution is -2.59. The molecule has 2 aromatic carbocycles. The fourth-order valence-electron chi connectivity index (χ4n) is 3.87. The molecule has 2 amide bonds. The molecule has 9 nitrogen and oxygen atoms in total. The fraction of sp³-hybridized carbons (Fsp3) is 0.280. The first-order valence-electron chi connectivity index (χ1n) is 11.4. The number of aromatic nitrogens is 2. The molecule has 1 unspecified atom stereocenters. The van der Waals surface area contributed by atoms with Crippen LogP contribution < -0.4 is 20.7 Å². The number of anilines is 2. The van der Waals surface area contributed by atoms with Crippen LogP contribution in [-0.2, 0) is 22.3 Å². The first-order chi connectivity index (χ1) is 18.1. The van der Waals surface area contributed by atoms with Crippen molar-refractivity contribution in [1.82, 2.24) is 20.6 Å². The van der Waals surface area contributed by atoms with E-state index >= 15 is 0 Å². The number of hydrogen-bond acceptors (Lipinski definition) is 7. The molecule has 0 bridgehead atoms. The monoisotopic (exact) mass is 549 g/mol. The Bertz CT molecular complexity index is 1320. The van der Waals surface area contributed by atoms with Crippen LogP contribution in [0, 0.1) is 0 Å². The van der Waals surface area contributed by atoms with Crippen LogP contribution in [0.3, 0.4) is 0 Å². The molecule has 0 radical (unpaired) electrons. The van der Waals surface area contributed by atoms with Crippen LogP contribution in [0.15, 0.2) is 55.1 Å². The highest BCUT2D eigenvalue weighted by atomic mass is 35.5. The number of benzene rings is 2. The van der Waals surface area contributed by atoms with E-state index in [1.54, 1.807) is 12.1 Å². The maximum Gasteiger partial charge on any atom is 0.418 e. The van der Waals surface area contributed by atoms with Crippen molar-refractivity contribution in [2.75, 3.05) is 25.6 Å². The van der Waals surface area contributed by atoms with Gasteiger partial charge in [0.15, 0.2) is 0 Å². The Labute approximate surface area is 220 Å². The van der Waals surface area contributed by atoms with Gasteiger partial charge in [-0.3, -0.25) is 9.59 Å². The van der Waals surface area contributed by atoms with Gasteiger partial charge in [0.1, 0.15) is 17.6 Å². The smallest absolute Gasteiger partial charge is 0.418 e. The molecule has 0 spiro atoms. The minimum absolute atomic E-state index is 0.0142. The van der Waals surface area contributed by atoms with E-state index in [2.05, 4.69) is 25.9 Å². The topological polar surface area (TPSA) is 114 Å². The summed E-state index contributed by atoms with van der Waals surface area (Å²) in [5.41, 5.74) is -1.31. The maximum atomic E-state index is 13.5. The Morgan fingerprint density at radius 2 is 1.92 bits per heavy atom. The van der Waals surface area contributed by atoms with Crippen molar-refractivity contribution in [3.63, 3.8) is 0 Å². The molecular weight excluding hydrogens is 527 g/mol. The van der Waals surface area contributed by atoms with Crippen molar-refractivity contribution < 1.29 is 32.2 Å². The average Bonchev–Trinajstić information content (AvgIpc) is 3.38. The van der Waals surface area contributed by atoms with Crippen molar-refractivity contribution in [1.29, 1.82) is 0 Å². The standard InChI is InChI=1S/C25H23ClF3N5O4/c1-37-18-4-5-21(19(9-18)25(27,28)29)33-17-3-2-15(20(26)8-17)12-32-23(36)24(6-7-38-13-24)34-22(35)16-10-30-14-31-11-16/h2-5,8-11,14,33H,6-7,12-13H2,1H3,(H,32,36)(H,34,35). The summed E-state index contributed by atoms with van der Waals surface area (Å²) in [7, 11) is 1.29. The lowest BCUT2D eigenvalue weighted by atomic mass is 9.96. The van der Waals surface area contributed by atoms with Crippen LogP contribution in [0.5, 0.6) is 5.75 Å². The number of nitrogens with zero attached hydrogens (tertiary/aromatic N) is 2. The zero-order chi connectivity index (χ0) is 27.3. The van der Waals surface area contributed by atoms with Gasteiger partial charge in [0.25, 0.3) is 5.91 Å². The number of halogens is 4. The van der Waals surface area contributed by atoms with Crippen molar-refractivity contribution >= 4 is 34.8 Å². The molecule has 38 heavy (non-hydrogen) atoms. The normalized spacial score (nSPS) is 17.1. The van der Waals surface area contributed by atoms with E-state index in [0.717, 1.165) is 6.07 Å². The highest BCUT2D eigenvalue weighted by Gasteiger charge is 2.44. The number of hydrogen-bond donors (Lipinski definition) is 3. The van der Waals surface area contributed by atoms with Gasteiger partial charge in [-0.15, -0.1) is 0 Å². The van der Waals surface area contributed by atoms with Crippen molar-refractivity contribution in [2.45, 2.75) is 24.7 Å². The molecule has 1 atom stereocenters. The van der Waals surface area contributed by atoms with E-state index in [1.807, 2.05) is 0 Å². The fourth-order valence-corrected chi connectivity index (χ4v) is 4.12. The van der Waals surface area contributed by atoms with Gasteiger partial charge in [0.2, 0.25) is 5.91 Å². The van der Waals surface area contributed by atoms with Crippen molar-refractivity contribution in [2.24, 2.45) is 0 Å². The molecular formula is C25H23ClF3N5O4. The number of carbonyl (C=O) groups excluding carboxylic acids is 2. The van der Waals surface area contributed by atoms with Crippen LogP contribution >= 0.6 is 11.6 Å². The number of alkyl halides is 3. The van der Waals surface area contributed by atoms with E-state index in [1.165, 1.54) is 44.0 Å².